The molecule has 20 heavy (non-hydrogen) atoms. The van der Waals surface area contributed by atoms with E-state index in [1.54, 1.807) is 13.0 Å². The second-order valence-corrected chi connectivity index (χ2v) is 7.82. The summed E-state index contributed by atoms with van der Waals surface area (Å²) in [7, 11) is -3.01. The predicted octanol–water partition coefficient (Wildman–Crippen LogP) is 1.70. The molecule has 1 fully saturated rings. The van der Waals surface area contributed by atoms with Crippen molar-refractivity contribution in [1.29, 1.82) is 0 Å². The molecule has 4 nitrogen and oxygen atoms in total. The number of nitrogens with one attached hydrogen (secondary N) is 1. The molecule has 108 valence electrons. The summed E-state index contributed by atoms with van der Waals surface area (Å²) < 4.78 is 22.9. The van der Waals surface area contributed by atoms with E-state index in [2.05, 4.69) is 5.32 Å². The van der Waals surface area contributed by atoms with Crippen LogP contribution in [0.1, 0.15) is 24.5 Å². The SMILES string of the molecule is Cc1ccc(C=CC(=O)NC2(C)CCS(=O)(=O)C2)cc1. The third-order valence-electron chi connectivity index (χ3n) is 3.43. The van der Waals surface area contributed by atoms with E-state index in [0.29, 0.717) is 6.42 Å². The summed E-state index contributed by atoms with van der Waals surface area (Å²) in [6.45, 7) is 3.77. The van der Waals surface area contributed by atoms with Crippen LogP contribution in [0.2, 0.25) is 0 Å². The maximum atomic E-state index is 11.9. The fourth-order valence-electron chi connectivity index (χ4n) is 2.30. The molecule has 1 N–H and O–H groups in total. The van der Waals surface area contributed by atoms with Gasteiger partial charge in [0.15, 0.2) is 9.84 Å². The molecule has 1 aliphatic rings. The molecule has 1 aliphatic heterocycles. The molecule has 0 aliphatic carbocycles. The van der Waals surface area contributed by atoms with E-state index < -0.39 is 15.4 Å². The Morgan fingerprint density at radius 3 is 2.50 bits per heavy atom. The largest absolute Gasteiger partial charge is 0.346 e. The Morgan fingerprint density at radius 2 is 1.95 bits per heavy atom. The molecule has 0 spiro atoms. The van der Waals surface area contributed by atoms with E-state index in [1.165, 1.54) is 6.08 Å². The molecule has 1 aromatic carbocycles. The van der Waals surface area contributed by atoms with E-state index in [-0.39, 0.29) is 17.4 Å². The summed E-state index contributed by atoms with van der Waals surface area (Å²) in [6, 6.07) is 7.81. The third kappa shape index (κ3) is 3.93. The van der Waals surface area contributed by atoms with Gasteiger partial charge in [0.25, 0.3) is 0 Å². The smallest absolute Gasteiger partial charge is 0.244 e. The van der Waals surface area contributed by atoms with E-state index in [0.717, 1.165) is 11.1 Å². The molecule has 0 bridgehead atoms. The molecule has 1 amide bonds. The highest BCUT2D eigenvalue weighted by atomic mass is 32.2. The number of benzene rings is 1. The van der Waals surface area contributed by atoms with Gasteiger partial charge in [-0.1, -0.05) is 29.8 Å². The summed E-state index contributed by atoms with van der Waals surface area (Å²) in [5.41, 5.74) is 1.46. The zero-order valence-electron chi connectivity index (χ0n) is 11.7. The molecule has 0 aromatic heterocycles. The highest BCUT2D eigenvalue weighted by Gasteiger charge is 2.38. The summed E-state index contributed by atoms with van der Waals surface area (Å²) in [5.74, 6) is -0.0968. The molecule has 1 atom stereocenters. The second kappa shape index (κ2) is 5.40. The van der Waals surface area contributed by atoms with Gasteiger partial charge in [0.1, 0.15) is 0 Å². The molecule has 5 heteroatoms. The van der Waals surface area contributed by atoms with Crippen LogP contribution in [0.15, 0.2) is 30.3 Å². The van der Waals surface area contributed by atoms with Crippen LogP contribution in [-0.2, 0) is 14.6 Å². The number of hydrogen-bond acceptors (Lipinski definition) is 3. The van der Waals surface area contributed by atoms with Crippen molar-refractivity contribution in [3.05, 3.63) is 41.5 Å². The molecular formula is C15H19NO3S. The Labute approximate surface area is 119 Å². The Balaban J connectivity index is 1.98. The van der Waals surface area contributed by atoms with Crippen LogP contribution >= 0.6 is 0 Å². The van der Waals surface area contributed by atoms with Gasteiger partial charge in [-0.15, -0.1) is 0 Å². The molecule has 1 heterocycles. The monoisotopic (exact) mass is 293 g/mol. The molecular weight excluding hydrogens is 274 g/mol. The lowest BCUT2D eigenvalue weighted by molar-refractivity contribution is -0.117. The van der Waals surface area contributed by atoms with Crippen LogP contribution in [0.3, 0.4) is 0 Å². The minimum atomic E-state index is -3.01. The van der Waals surface area contributed by atoms with Gasteiger partial charge in [-0.25, -0.2) is 8.42 Å². The lowest BCUT2D eigenvalue weighted by Gasteiger charge is -2.22. The van der Waals surface area contributed by atoms with Gasteiger partial charge in [-0.05, 0) is 31.9 Å². The van der Waals surface area contributed by atoms with E-state index in [4.69, 9.17) is 0 Å². The lowest BCUT2D eigenvalue weighted by atomic mass is 10.0. The van der Waals surface area contributed by atoms with Gasteiger partial charge in [0.2, 0.25) is 5.91 Å². The molecule has 1 saturated heterocycles. The normalized spacial score (nSPS) is 24.9. The van der Waals surface area contributed by atoms with E-state index in [9.17, 15) is 13.2 Å². The van der Waals surface area contributed by atoms with Crippen molar-refractivity contribution in [3.63, 3.8) is 0 Å². The standard InChI is InChI=1S/C15H19NO3S/c1-12-3-5-13(6-4-12)7-8-14(17)16-15(2)9-10-20(18,19)11-15/h3-8H,9-11H2,1-2H3,(H,16,17). The minimum Gasteiger partial charge on any atom is -0.346 e. The number of hydrogen-bond donors (Lipinski definition) is 1. The highest BCUT2D eigenvalue weighted by molar-refractivity contribution is 7.91. The lowest BCUT2D eigenvalue weighted by Crippen LogP contribution is -2.46. The average Bonchev–Trinajstić information content (AvgIpc) is 2.62. The first-order valence-electron chi connectivity index (χ1n) is 6.55. The summed E-state index contributed by atoms with van der Waals surface area (Å²) in [6.07, 6.45) is 3.64. The second-order valence-electron chi connectivity index (χ2n) is 5.64. The van der Waals surface area contributed by atoms with Crippen LogP contribution in [-0.4, -0.2) is 31.4 Å². The van der Waals surface area contributed by atoms with Gasteiger partial charge in [0, 0.05) is 6.08 Å². The number of sulfone groups is 1. The average molecular weight is 293 g/mol. The topological polar surface area (TPSA) is 63.2 Å². The quantitative estimate of drug-likeness (QED) is 0.863. The van der Waals surface area contributed by atoms with Gasteiger partial charge < -0.3 is 5.32 Å². The number of rotatable bonds is 3. The zero-order chi connectivity index (χ0) is 14.8. The van der Waals surface area contributed by atoms with Crippen LogP contribution in [0.4, 0.5) is 0 Å². The minimum absolute atomic E-state index is 0.0180. The maximum absolute atomic E-state index is 11.9. The Hall–Kier alpha value is -1.62. The summed E-state index contributed by atoms with van der Waals surface area (Å²) in [4.78, 5) is 11.9. The molecule has 2 rings (SSSR count). The van der Waals surface area contributed by atoms with E-state index in [1.807, 2.05) is 31.2 Å². The van der Waals surface area contributed by atoms with E-state index >= 15 is 0 Å². The first-order valence-corrected chi connectivity index (χ1v) is 8.38. The van der Waals surface area contributed by atoms with Crippen molar-refractivity contribution in [1.82, 2.24) is 5.32 Å². The Kier molecular flexibility index (Phi) is 3.99. The number of amides is 1. The zero-order valence-corrected chi connectivity index (χ0v) is 12.5. The Morgan fingerprint density at radius 1 is 1.30 bits per heavy atom. The van der Waals surface area contributed by atoms with Crippen LogP contribution in [0, 0.1) is 6.92 Å². The van der Waals surface area contributed by atoms with Crippen LogP contribution in [0.5, 0.6) is 0 Å². The van der Waals surface area contributed by atoms with Gasteiger partial charge >= 0.3 is 0 Å². The molecule has 0 saturated carbocycles. The fourth-order valence-corrected chi connectivity index (χ4v) is 4.39. The Bertz CT molecular complexity index is 632. The van der Waals surface area contributed by atoms with Crippen molar-refractivity contribution in [2.75, 3.05) is 11.5 Å². The van der Waals surface area contributed by atoms with Crippen molar-refractivity contribution >= 4 is 21.8 Å². The highest BCUT2D eigenvalue weighted by Crippen LogP contribution is 2.22. The first-order chi connectivity index (χ1) is 9.28. The van der Waals surface area contributed by atoms with Crippen molar-refractivity contribution in [3.8, 4) is 0 Å². The summed E-state index contributed by atoms with van der Waals surface area (Å²) >= 11 is 0. The number of carbonyl (C=O) groups is 1. The van der Waals surface area contributed by atoms with Crippen molar-refractivity contribution < 1.29 is 13.2 Å². The molecule has 1 unspecified atom stereocenters. The molecule has 1 aromatic rings. The predicted molar refractivity (Wildman–Crippen MR) is 80.0 cm³/mol. The van der Waals surface area contributed by atoms with Crippen molar-refractivity contribution in [2.24, 2.45) is 0 Å². The van der Waals surface area contributed by atoms with Gasteiger partial charge in [-0.2, -0.15) is 0 Å². The molecule has 0 radical (unpaired) electrons. The number of aryl methyl sites for hydroxylation is 1. The van der Waals surface area contributed by atoms with Crippen molar-refractivity contribution in [2.45, 2.75) is 25.8 Å². The first kappa shape index (κ1) is 14.8. The maximum Gasteiger partial charge on any atom is 0.244 e. The summed E-state index contributed by atoms with van der Waals surface area (Å²) in [5, 5.41) is 2.79. The van der Waals surface area contributed by atoms with Gasteiger partial charge in [-0.3, -0.25) is 4.79 Å². The third-order valence-corrected chi connectivity index (χ3v) is 5.34. The van der Waals surface area contributed by atoms with Crippen LogP contribution in [0.25, 0.3) is 6.08 Å². The van der Waals surface area contributed by atoms with Crippen LogP contribution < -0.4 is 5.32 Å². The fraction of sp³-hybridized carbons (Fsp3) is 0.400. The van der Waals surface area contributed by atoms with Gasteiger partial charge in [0.05, 0.1) is 17.0 Å². The number of carbonyl (C=O) groups excluding carboxylic acids is 1.